The fraction of sp³-hybridized carbons (Fsp3) is 0.923. The van der Waals surface area contributed by atoms with Crippen molar-refractivity contribution in [3.05, 3.63) is 0 Å². The topological polar surface area (TPSA) is 61.8 Å². The zero-order valence-electron chi connectivity index (χ0n) is 11.2. The molecule has 0 radical (unpaired) electrons. The lowest BCUT2D eigenvalue weighted by atomic mass is 9.96. The first-order valence-corrected chi connectivity index (χ1v) is 6.87. The Morgan fingerprint density at radius 2 is 2.24 bits per heavy atom. The molecule has 1 heterocycles. The first-order chi connectivity index (χ1) is 8.17. The van der Waals surface area contributed by atoms with Crippen molar-refractivity contribution in [3.63, 3.8) is 0 Å². The third kappa shape index (κ3) is 4.94. The molecule has 0 aromatic carbocycles. The third-order valence-corrected chi connectivity index (χ3v) is 3.84. The summed E-state index contributed by atoms with van der Waals surface area (Å²) in [7, 11) is 0. The van der Waals surface area contributed by atoms with E-state index in [0.717, 1.165) is 19.0 Å². The Kier molecular flexibility index (Phi) is 6.34. The average molecular weight is 241 g/mol. The van der Waals surface area contributed by atoms with E-state index in [9.17, 15) is 0 Å². The lowest BCUT2D eigenvalue weighted by Gasteiger charge is -2.27. The Balaban J connectivity index is 2.39. The highest BCUT2D eigenvalue weighted by molar-refractivity contribution is 5.80. The second kappa shape index (κ2) is 7.54. The largest absolute Gasteiger partial charge is 0.409 e. The molecule has 100 valence electrons. The van der Waals surface area contributed by atoms with Gasteiger partial charge in [0, 0.05) is 12.5 Å². The zero-order chi connectivity index (χ0) is 12.7. The van der Waals surface area contributed by atoms with Gasteiger partial charge in [-0.3, -0.25) is 0 Å². The van der Waals surface area contributed by atoms with Crippen molar-refractivity contribution in [3.8, 4) is 0 Å². The number of nitrogens with zero attached hydrogens (tertiary/aromatic N) is 2. The van der Waals surface area contributed by atoms with Gasteiger partial charge in [-0.15, -0.1) is 0 Å². The molecular weight excluding hydrogens is 214 g/mol. The van der Waals surface area contributed by atoms with Crippen LogP contribution in [-0.4, -0.2) is 35.1 Å². The minimum absolute atomic E-state index is 0.340. The summed E-state index contributed by atoms with van der Waals surface area (Å²) >= 11 is 0. The van der Waals surface area contributed by atoms with Crippen LogP contribution >= 0.6 is 0 Å². The van der Waals surface area contributed by atoms with Crippen LogP contribution in [0.1, 0.15) is 52.4 Å². The molecule has 17 heavy (non-hydrogen) atoms. The molecule has 4 heteroatoms. The van der Waals surface area contributed by atoms with Crippen LogP contribution in [0.2, 0.25) is 0 Å². The molecule has 0 amide bonds. The molecule has 2 unspecified atom stereocenters. The van der Waals surface area contributed by atoms with Gasteiger partial charge in [0.2, 0.25) is 0 Å². The standard InChI is InChI=1S/C13H27N3O/c1-3-5-12-6-4-8-16(9-7-12)11(2)10-13(14)15-17/h11-12,17H,3-10H2,1-2H3,(H2,14,15). The maximum atomic E-state index is 8.59. The molecule has 0 aromatic heterocycles. The SMILES string of the molecule is CCCC1CCCN(C(C)CC(N)=NO)CC1. The summed E-state index contributed by atoms with van der Waals surface area (Å²) < 4.78 is 0. The molecular formula is C13H27N3O. The maximum absolute atomic E-state index is 8.59. The van der Waals surface area contributed by atoms with E-state index < -0.39 is 0 Å². The van der Waals surface area contributed by atoms with E-state index in [4.69, 9.17) is 10.9 Å². The molecule has 0 aromatic rings. The number of likely N-dealkylation sites (tertiary alicyclic amines) is 1. The van der Waals surface area contributed by atoms with Gasteiger partial charge in [0.15, 0.2) is 0 Å². The predicted molar refractivity (Wildman–Crippen MR) is 71.3 cm³/mol. The van der Waals surface area contributed by atoms with Crippen molar-refractivity contribution in [2.24, 2.45) is 16.8 Å². The Morgan fingerprint density at radius 1 is 1.47 bits per heavy atom. The predicted octanol–water partition coefficient (Wildman–Crippen LogP) is 2.41. The molecule has 1 aliphatic heterocycles. The van der Waals surface area contributed by atoms with Crippen molar-refractivity contribution in [1.82, 2.24) is 4.90 Å². The van der Waals surface area contributed by atoms with E-state index in [1.54, 1.807) is 0 Å². The third-order valence-electron chi connectivity index (χ3n) is 3.84. The van der Waals surface area contributed by atoms with E-state index in [0.29, 0.717) is 18.3 Å². The minimum Gasteiger partial charge on any atom is -0.409 e. The van der Waals surface area contributed by atoms with Crippen LogP contribution in [0.25, 0.3) is 0 Å². The van der Waals surface area contributed by atoms with Gasteiger partial charge >= 0.3 is 0 Å². The summed E-state index contributed by atoms with van der Waals surface area (Å²) in [6.07, 6.45) is 7.27. The summed E-state index contributed by atoms with van der Waals surface area (Å²) in [6.45, 7) is 6.74. The molecule has 3 N–H and O–H groups in total. The van der Waals surface area contributed by atoms with E-state index in [1.165, 1.54) is 32.1 Å². The molecule has 0 spiro atoms. The van der Waals surface area contributed by atoms with E-state index >= 15 is 0 Å². The first kappa shape index (κ1) is 14.3. The Bertz CT molecular complexity index is 243. The van der Waals surface area contributed by atoms with Crippen LogP contribution in [0.4, 0.5) is 0 Å². The van der Waals surface area contributed by atoms with Crippen molar-refractivity contribution in [2.75, 3.05) is 13.1 Å². The molecule has 0 saturated carbocycles. The molecule has 1 fully saturated rings. The molecule has 0 bridgehead atoms. The minimum atomic E-state index is 0.340. The van der Waals surface area contributed by atoms with Gasteiger partial charge in [0.05, 0.1) is 0 Å². The number of rotatable bonds is 5. The summed E-state index contributed by atoms with van der Waals surface area (Å²) in [5.41, 5.74) is 5.57. The molecule has 1 saturated heterocycles. The lowest BCUT2D eigenvalue weighted by molar-refractivity contribution is 0.216. The number of hydrogen-bond acceptors (Lipinski definition) is 3. The van der Waals surface area contributed by atoms with E-state index in [1.807, 2.05) is 0 Å². The monoisotopic (exact) mass is 241 g/mol. The van der Waals surface area contributed by atoms with Gasteiger partial charge in [-0.1, -0.05) is 24.9 Å². The summed E-state index contributed by atoms with van der Waals surface area (Å²) in [5.74, 6) is 1.24. The maximum Gasteiger partial charge on any atom is 0.140 e. The lowest BCUT2D eigenvalue weighted by Crippen LogP contribution is -2.37. The van der Waals surface area contributed by atoms with Crippen molar-refractivity contribution in [2.45, 2.75) is 58.4 Å². The average Bonchev–Trinajstić information content (AvgIpc) is 2.55. The number of amidine groups is 1. The van der Waals surface area contributed by atoms with Crippen LogP contribution < -0.4 is 5.73 Å². The van der Waals surface area contributed by atoms with Crippen LogP contribution in [0.3, 0.4) is 0 Å². The second-order valence-corrected chi connectivity index (χ2v) is 5.27. The van der Waals surface area contributed by atoms with Gasteiger partial charge in [0.25, 0.3) is 0 Å². The number of oxime groups is 1. The fourth-order valence-electron chi connectivity index (χ4n) is 2.80. The highest BCUT2D eigenvalue weighted by atomic mass is 16.4. The smallest absolute Gasteiger partial charge is 0.140 e. The van der Waals surface area contributed by atoms with Gasteiger partial charge < -0.3 is 15.8 Å². The van der Waals surface area contributed by atoms with Crippen molar-refractivity contribution < 1.29 is 5.21 Å². The highest BCUT2D eigenvalue weighted by Gasteiger charge is 2.20. The Morgan fingerprint density at radius 3 is 2.88 bits per heavy atom. The molecule has 0 aliphatic carbocycles. The Labute approximate surface area is 105 Å². The van der Waals surface area contributed by atoms with Crippen molar-refractivity contribution in [1.29, 1.82) is 0 Å². The number of nitrogens with two attached hydrogens (primary N) is 1. The molecule has 2 atom stereocenters. The van der Waals surface area contributed by atoms with Crippen LogP contribution in [0.5, 0.6) is 0 Å². The molecule has 1 rings (SSSR count). The van der Waals surface area contributed by atoms with E-state index in [-0.39, 0.29) is 0 Å². The van der Waals surface area contributed by atoms with Crippen LogP contribution in [0.15, 0.2) is 5.16 Å². The zero-order valence-corrected chi connectivity index (χ0v) is 11.2. The second-order valence-electron chi connectivity index (χ2n) is 5.27. The van der Waals surface area contributed by atoms with Crippen LogP contribution in [-0.2, 0) is 0 Å². The van der Waals surface area contributed by atoms with Gasteiger partial charge in [-0.2, -0.15) is 0 Å². The molecule has 4 nitrogen and oxygen atoms in total. The summed E-state index contributed by atoms with van der Waals surface area (Å²) in [5, 5.41) is 11.7. The molecule has 1 aliphatic rings. The normalized spacial score (nSPS) is 25.5. The first-order valence-electron chi connectivity index (χ1n) is 6.87. The Hall–Kier alpha value is -0.770. The highest BCUT2D eigenvalue weighted by Crippen LogP contribution is 2.23. The number of hydrogen-bond donors (Lipinski definition) is 2. The quantitative estimate of drug-likeness (QED) is 0.336. The van der Waals surface area contributed by atoms with Gasteiger partial charge in [-0.25, -0.2) is 0 Å². The summed E-state index contributed by atoms with van der Waals surface area (Å²) in [6, 6.07) is 0.381. The fourth-order valence-corrected chi connectivity index (χ4v) is 2.80. The van der Waals surface area contributed by atoms with Gasteiger partial charge in [-0.05, 0) is 45.2 Å². The van der Waals surface area contributed by atoms with E-state index in [2.05, 4.69) is 23.9 Å². The van der Waals surface area contributed by atoms with Crippen molar-refractivity contribution >= 4 is 5.84 Å². The van der Waals surface area contributed by atoms with Gasteiger partial charge in [0.1, 0.15) is 5.84 Å². The summed E-state index contributed by atoms with van der Waals surface area (Å²) in [4.78, 5) is 2.48. The van der Waals surface area contributed by atoms with Crippen LogP contribution in [0, 0.1) is 5.92 Å².